The Balaban J connectivity index is 3.22. The van der Waals surface area contributed by atoms with Crippen molar-refractivity contribution in [3.05, 3.63) is 0 Å². The number of anilines is 8. The maximum absolute atomic E-state index is 5.88. The Kier molecular flexibility index (Phi) is 2.12. The molecule has 18 heavy (non-hydrogen) atoms. The standard InChI is InChI=1S/C10H16N8/c11-3-1-2(5(13)9(17)7(3)15)6(14)10(18)8(16)4(1)12/h11-18H2. The molecule has 0 saturated heterocycles. The second-order valence-corrected chi connectivity index (χ2v) is 4.06. The third-order valence-corrected chi connectivity index (χ3v) is 3.07. The van der Waals surface area contributed by atoms with Crippen LogP contribution in [-0.2, 0) is 0 Å². The molecule has 2 aromatic carbocycles. The fourth-order valence-corrected chi connectivity index (χ4v) is 1.95. The van der Waals surface area contributed by atoms with Crippen molar-refractivity contribution in [2.75, 3.05) is 45.9 Å². The van der Waals surface area contributed by atoms with E-state index in [2.05, 4.69) is 0 Å². The van der Waals surface area contributed by atoms with E-state index in [1.54, 1.807) is 0 Å². The zero-order chi connectivity index (χ0) is 13.8. The van der Waals surface area contributed by atoms with Crippen LogP contribution in [0.15, 0.2) is 0 Å². The average Bonchev–Trinajstić information content (AvgIpc) is 2.35. The van der Waals surface area contributed by atoms with Gasteiger partial charge in [0.15, 0.2) is 0 Å². The molecule has 0 atom stereocenters. The quantitative estimate of drug-likeness (QED) is 0.284. The van der Waals surface area contributed by atoms with Crippen LogP contribution >= 0.6 is 0 Å². The van der Waals surface area contributed by atoms with E-state index in [-0.39, 0.29) is 45.5 Å². The molecular weight excluding hydrogens is 232 g/mol. The lowest BCUT2D eigenvalue weighted by molar-refractivity contribution is 1.64. The first kappa shape index (κ1) is 11.6. The van der Waals surface area contributed by atoms with Crippen molar-refractivity contribution in [3.8, 4) is 0 Å². The first-order valence-corrected chi connectivity index (χ1v) is 5.06. The van der Waals surface area contributed by atoms with Crippen LogP contribution in [-0.4, -0.2) is 0 Å². The van der Waals surface area contributed by atoms with Gasteiger partial charge in [-0.3, -0.25) is 0 Å². The van der Waals surface area contributed by atoms with Gasteiger partial charge in [-0.1, -0.05) is 0 Å². The summed E-state index contributed by atoms with van der Waals surface area (Å²) in [6, 6.07) is 0. The summed E-state index contributed by atoms with van der Waals surface area (Å²) >= 11 is 0. The van der Waals surface area contributed by atoms with Gasteiger partial charge in [-0.25, -0.2) is 0 Å². The molecule has 0 heterocycles. The van der Waals surface area contributed by atoms with E-state index in [9.17, 15) is 0 Å². The minimum atomic E-state index is 0.148. The van der Waals surface area contributed by atoms with Crippen LogP contribution in [0.25, 0.3) is 10.8 Å². The van der Waals surface area contributed by atoms with Gasteiger partial charge in [0, 0.05) is 10.8 Å². The molecule has 0 unspecified atom stereocenters. The van der Waals surface area contributed by atoms with E-state index in [0.717, 1.165) is 0 Å². The van der Waals surface area contributed by atoms with Gasteiger partial charge in [-0.2, -0.15) is 0 Å². The molecular formula is C10H16N8. The van der Waals surface area contributed by atoms with Crippen LogP contribution in [0.3, 0.4) is 0 Å². The normalized spacial score (nSPS) is 10.9. The molecule has 0 amide bonds. The van der Waals surface area contributed by atoms with Gasteiger partial charge in [0.25, 0.3) is 0 Å². The monoisotopic (exact) mass is 248 g/mol. The molecule has 0 aliphatic rings. The van der Waals surface area contributed by atoms with Crippen molar-refractivity contribution < 1.29 is 0 Å². The Morgan fingerprint density at radius 3 is 0.611 bits per heavy atom. The molecule has 0 fully saturated rings. The largest absolute Gasteiger partial charge is 0.396 e. The van der Waals surface area contributed by atoms with E-state index in [1.807, 2.05) is 0 Å². The second kappa shape index (κ2) is 3.29. The smallest absolute Gasteiger partial charge is 0.0810 e. The minimum absolute atomic E-state index is 0.148. The Morgan fingerprint density at radius 1 is 0.278 bits per heavy atom. The number of hydrogen-bond acceptors (Lipinski definition) is 8. The SMILES string of the molecule is Nc1c(N)c(N)c2c(N)c(N)c(N)c(N)c2c1N. The van der Waals surface area contributed by atoms with E-state index in [0.29, 0.717) is 10.8 Å². The third-order valence-electron chi connectivity index (χ3n) is 3.07. The van der Waals surface area contributed by atoms with E-state index in [1.165, 1.54) is 0 Å². The maximum Gasteiger partial charge on any atom is 0.0810 e. The number of nitrogens with two attached hydrogens (primary N) is 8. The molecule has 0 aliphatic heterocycles. The van der Waals surface area contributed by atoms with Crippen LogP contribution in [0, 0.1) is 0 Å². The Bertz CT molecular complexity index is 563. The van der Waals surface area contributed by atoms with Crippen LogP contribution in [0.2, 0.25) is 0 Å². The first-order chi connectivity index (χ1) is 8.29. The molecule has 0 aromatic heterocycles. The van der Waals surface area contributed by atoms with E-state index < -0.39 is 0 Å². The van der Waals surface area contributed by atoms with Crippen molar-refractivity contribution in [1.29, 1.82) is 0 Å². The lowest BCUT2D eigenvalue weighted by atomic mass is 9.98. The topological polar surface area (TPSA) is 208 Å². The van der Waals surface area contributed by atoms with Gasteiger partial charge in [0.2, 0.25) is 0 Å². The number of fused-ring (bicyclic) bond motifs is 1. The highest BCUT2D eigenvalue weighted by Crippen LogP contribution is 2.48. The summed E-state index contributed by atoms with van der Waals surface area (Å²) < 4.78 is 0. The van der Waals surface area contributed by atoms with E-state index >= 15 is 0 Å². The minimum Gasteiger partial charge on any atom is -0.396 e. The van der Waals surface area contributed by atoms with Crippen molar-refractivity contribution >= 4 is 56.3 Å². The molecule has 0 radical (unpaired) electrons. The van der Waals surface area contributed by atoms with Crippen LogP contribution in [0.5, 0.6) is 0 Å². The zero-order valence-corrected chi connectivity index (χ0v) is 9.62. The lowest BCUT2D eigenvalue weighted by Gasteiger charge is -2.18. The number of rotatable bonds is 0. The fraction of sp³-hybridized carbons (Fsp3) is 0. The summed E-state index contributed by atoms with van der Waals surface area (Å²) in [5.41, 5.74) is 47.9. The van der Waals surface area contributed by atoms with E-state index in [4.69, 9.17) is 45.9 Å². The van der Waals surface area contributed by atoms with Gasteiger partial charge < -0.3 is 45.9 Å². The molecule has 0 bridgehead atoms. The first-order valence-electron chi connectivity index (χ1n) is 5.06. The fourth-order valence-electron chi connectivity index (χ4n) is 1.95. The molecule has 0 saturated carbocycles. The van der Waals surface area contributed by atoms with Gasteiger partial charge in [0.05, 0.1) is 45.5 Å². The lowest BCUT2D eigenvalue weighted by Crippen LogP contribution is -2.11. The number of benzene rings is 2. The highest BCUT2D eigenvalue weighted by molar-refractivity contribution is 6.24. The molecule has 16 N–H and O–H groups in total. The van der Waals surface area contributed by atoms with Crippen LogP contribution in [0.4, 0.5) is 45.5 Å². The number of nitrogen functional groups attached to an aromatic ring is 8. The Labute approximate surface area is 103 Å². The van der Waals surface area contributed by atoms with Crippen molar-refractivity contribution in [2.45, 2.75) is 0 Å². The summed E-state index contributed by atoms with van der Waals surface area (Å²) in [6.07, 6.45) is 0. The molecule has 0 spiro atoms. The van der Waals surface area contributed by atoms with Crippen LogP contribution in [0.1, 0.15) is 0 Å². The Morgan fingerprint density at radius 2 is 0.444 bits per heavy atom. The van der Waals surface area contributed by atoms with Gasteiger partial charge in [-0.15, -0.1) is 0 Å². The third kappa shape index (κ3) is 1.14. The predicted molar refractivity (Wildman–Crippen MR) is 79.2 cm³/mol. The highest BCUT2D eigenvalue weighted by atomic mass is 14.8. The van der Waals surface area contributed by atoms with Gasteiger partial charge in [-0.05, 0) is 0 Å². The zero-order valence-electron chi connectivity index (χ0n) is 9.62. The summed E-state index contributed by atoms with van der Waals surface area (Å²) in [7, 11) is 0. The van der Waals surface area contributed by atoms with Crippen molar-refractivity contribution in [2.24, 2.45) is 0 Å². The van der Waals surface area contributed by atoms with Crippen molar-refractivity contribution in [1.82, 2.24) is 0 Å². The molecule has 96 valence electrons. The van der Waals surface area contributed by atoms with Gasteiger partial charge in [0.1, 0.15) is 0 Å². The molecule has 8 heteroatoms. The Hall–Kier alpha value is -2.90. The molecule has 0 aliphatic carbocycles. The van der Waals surface area contributed by atoms with Crippen molar-refractivity contribution in [3.63, 3.8) is 0 Å². The predicted octanol–water partition coefficient (Wildman–Crippen LogP) is -0.503. The number of hydrogen-bond donors (Lipinski definition) is 8. The van der Waals surface area contributed by atoms with Gasteiger partial charge >= 0.3 is 0 Å². The average molecular weight is 248 g/mol. The molecule has 2 rings (SSSR count). The summed E-state index contributed by atoms with van der Waals surface area (Å²) in [5.74, 6) is 0. The highest BCUT2D eigenvalue weighted by Gasteiger charge is 2.20. The van der Waals surface area contributed by atoms with Crippen LogP contribution < -0.4 is 45.9 Å². The summed E-state index contributed by atoms with van der Waals surface area (Å²) in [6.45, 7) is 0. The summed E-state index contributed by atoms with van der Waals surface area (Å²) in [5, 5.41) is 0.756. The molecule has 2 aromatic rings. The molecule has 8 nitrogen and oxygen atoms in total. The summed E-state index contributed by atoms with van der Waals surface area (Å²) in [4.78, 5) is 0. The maximum atomic E-state index is 5.88. The second-order valence-electron chi connectivity index (χ2n) is 4.06.